The summed E-state index contributed by atoms with van der Waals surface area (Å²) in [7, 11) is 0. The van der Waals surface area contributed by atoms with Crippen molar-refractivity contribution in [3.8, 4) is 0 Å². The third-order valence-electron chi connectivity index (χ3n) is 2.48. The zero-order chi connectivity index (χ0) is 10.9. The van der Waals surface area contributed by atoms with Gasteiger partial charge in [-0.3, -0.25) is 10.2 Å². The van der Waals surface area contributed by atoms with Gasteiger partial charge >= 0.3 is 0 Å². The van der Waals surface area contributed by atoms with Crippen molar-refractivity contribution >= 4 is 5.91 Å². The van der Waals surface area contributed by atoms with E-state index in [1.807, 2.05) is 0 Å². The molecule has 0 aromatic heterocycles. The lowest BCUT2D eigenvalue weighted by molar-refractivity contribution is -0.121. The lowest BCUT2D eigenvalue weighted by Crippen LogP contribution is -2.29. The van der Waals surface area contributed by atoms with Crippen LogP contribution in [0.4, 0.5) is 0 Å². The van der Waals surface area contributed by atoms with Gasteiger partial charge < -0.3 is 9.47 Å². The lowest BCUT2D eigenvalue weighted by atomic mass is 10.1. The molecule has 0 aromatic rings. The molecule has 1 fully saturated rings. The van der Waals surface area contributed by atoms with Gasteiger partial charge in [-0.15, -0.1) is 0 Å². The second-order valence-electron chi connectivity index (χ2n) is 3.71. The van der Waals surface area contributed by atoms with Crippen LogP contribution in [0, 0.1) is 0 Å². The van der Waals surface area contributed by atoms with E-state index in [1.165, 1.54) is 0 Å². The van der Waals surface area contributed by atoms with Gasteiger partial charge in [0.05, 0.1) is 6.10 Å². The van der Waals surface area contributed by atoms with Gasteiger partial charge in [-0.25, -0.2) is 5.84 Å². The fraction of sp³-hybridized carbons (Fsp3) is 0.900. The summed E-state index contributed by atoms with van der Waals surface area (Å²) in [6.45, 7) is 2.34. The first kappa shape index (κ1) is 12.4. The minimum absolute atomic E-state index is 0.110. The van der Waals surface area contributed by atoms with Crippen molar-refractivity contribution in [2.24, 2.45) is 5.84 Å². The Bertz CT molecular complexity index is 182. The van der Waals surface area contributed by atoms with Gasteiger partial charge in [0.1, 0.15) is 0 Å². The van der Waals surface area contributed by atoms with E-state index in [9.17, 15) is 4.79 Å². The molecule has 0 aromatic carbocycles. The number of hydrogen-bond acceptors (Lipinski definition) is 4. The number of hydrogen-bond donors (Lipinski definition) is 2. The molecule has 0 spiro atoms. The van der Waals surface area contributed by atoms with E-state index in [0.29, 0.717) is 12.5 Å². The van der Waals surface area contributed by atoms with E-state index in [2.05, 4.69) is 5.43 Å². The highest BCUT2D eigenvalue weighted by molar-refractivity contribution is 5.74. The molecule has 0 saturated carbocycles. The second kappa shape index (κ2) is 7.62. The average Bonchev–Trinajstić information content (AvgIpc) is 2.29. The highest BCUT2D eigenvalue weighted by Gasteiger charge is 2.13. The molecule has 1 aliphatic heterocycles. The minimum Gasteiger partial charge on any atom is -0.381 e. The largest absolute Gasteiger partial charge is 0.381 e. The maximum atomic E-state index is 10.8. The van der Waals surface area contributed by atoms with E-state index in [4.69, 9.17) is 15.3 Å². The van der Waals surface area contributed by atoms with Crippen LogP contribution in [0.25, 0.3) is 0 Å². The second-order valence-corrected chi connectivity index (χ2v) is 3.71. The number of rotatable bonds is 6. The summed E-state index contributed by atoms with van der Waals surface area (Å²) >= 11 is 0. The first-order valence-corrected chi connectivity index (χ1v) is 5.51. The molecule has 3 N–H and O–H groups in total. The molecule has 5 heteroatoms. The van der Waals surface area contributed by atoms with Crippen LogP contribution in [0.1, 0.15) is 32.1 Å². The lowest BCUT2D eigenvalue weighted by Gasteiger charge is -2.22. The van der Waals surface area contributed by atoms with Crippen molar-refractivity contribution in [3.63, 3.8) is 0 Å². The maximum absolute atomic E-state index is 10.8. The quantitative estimate of drug-likeness (QED) is 0.291. The molecule has 0 bridgehead atoms. The van der Waals surface area contributed by atoms with Crippen LogP contribution < -0.4 is 11.3 Å². The molecule has 0 radical (unpaired) electrons. The molecule has 1 heterocycles. The summed E-state index contributed by atoms with van der Waals surface area (Å²) in [6.07, 6.45) is 4.54. The summed E-state index contributed by atoms with van der Waals surface area (Å²) in [5, 5.41) is 0. The van der Waals surface area contributed by atoms with Crippen molar-refractivity contribution < 1.29 is 14.3 Å². The van der Waals surface area contributed by atoms with Gasteiger partial charge in [0.25, 0.3) is 0 Å². The van der Waals surface area contributed by atoms with Crippen LogP contribution in [-0.4, -0.2) is 31.8 Å². The van der Waals surface area contributed by atoms with E-state index >= 15 is 0 Å². The third-order valence-corrected chi connectivity index (χ3v) is 2.48. The van der Waals surface area contributed by atoms with Crippen molar-refractivity contribution in [1.82, 2.24) is 5.43 Å². The Hall–Kier alpha value is -0.650. The van der Waals surface area contributed by atoms with Crippen LogP contribution in [0.3, 0.4) is 0 Å². The summed E-state index contributed by atoms with van der Waals surface area (Å²) in [5.41, 5.74) is 2.11. The Morgan fingerprint density at radius 2 is 2.13 bits per heavy atom. The Morgan fingerprint density at radius 1 is 1.40 bits per heavy atom. The highest BCUT2D eigenvalue weighted by Crippen LogP contribution is 2.11. The van der Waals surface area contributed by atoms with E-state index < -0.39 is 0 Å². The zero-order valence-electron chi connectivity index (χ0n) is 9.04. The fourth-order valence-corrected chi connectivity index (χ4v) is 1.55. The number of carbonyl (C=O) groups excluding carboxylic acids is 1. The van der Waals surface area contributed by atoms with E-state index in [-0.39, 0.29) is 5.91 Å². The Labute approximate surface area is 90.3 Å². The monoisotopic (exact) mass is 216 g/mol. The van der Waals surface area contributed by atoms with Crippen LogP contribution in [0.5, 0.6) is 0 Å². The van der Waals surface area contributed by atoms with Crippen molar-refractivity contribution in [2.45, 2.75) is 38.2 Å². The van der Waals surface area contributed by atoms with E-state index in [0.717, 1.165) is 45.5 Å². The first-order valence-electron chi connectivity index (χ1n) is 5.51. The van der Waals surface area contributed by atoms with Crippen LogP contribution in [-0.2, 0) is 14.3 Å². The summed E-state index contributed by atoms with van der Waals surface area (Å²) in [4.78, 5) is 10.8. The standard InChI is InChI=1S/C10H20N2O3/c11-12-10(13)3-1-2-6-15-9-4-7-14-8-5-9/h9H,1-8,11H2,(H,12,13). The summed E-state index contributed by atoms with van der Waals surface area (Å²) in [6, 6.07) is 0. The number of unbranched alkanes of at least 4 members (excludes halogenated alkanes) is 1. The summed E-state index contributed by atoms with van der Waals surface area (Å²) in [5.74, 6) is 4.85. The number of nitrogens with one attached hydrogen (secondary N) is 1. The number of amides is 1. The Balaban J connectivity index is 1.89. The Morgan fingerprint density at radius 3 is 2.80 bits per heavy atom. The van der Waals surface area contributed by atoms with Crippen LogP contribution in [0.2, 0.25) is 0 Å². The molecule has 0 unspecified atom stereocenters. The molecular formula is C10H20N2O3. The van der Waals surface area contributed by atoms with Gasteiger partial charge in [-0.1, -0.05) is 0 Å². The van der Waals surface area contributed by atoms with Crippen molar-refractivity contribution in [3.05, 3.63) is 0 Å². The molecule has 1 rings (SSSR count). The number of carbonyl (C=O) groups is 1. The topological polar surface area (TPSA) is 73.6 Å². The molecule has 1 amide bonds. The fourth-order valence-electron chi connectivity index (χ4n) is 1.55. The molecule has 15 heavy (non-hydrogen) atoms. The SMILES string of the molecule is NNC(=O)CCCCOC1CCOCC1. The van der Waals surface area contributed by atoms with Crippen molar-refractivity contribution in [2.75, 3.05) is 19.8 Å². The predicted molar refractivity (Wildman–Crippen MR) is 56.0 cm³/mol. The molecular weight excluding hydrogens is 196 g/mol. The van der Waals surface area contributed by atoms with Gasteiger partial charge in [0.2, 0.25) is 5.91 Å². The normalized spacial score (nSPS) is 17.7. The summed E-state index contributed by atoms with van der Waals surface area (Å²) < 4.78 is 10.9. The molecule has 5 nitrogen and oxygen atoms in total. The van der Waals surface area contributed by atoms with Crippen LogP contribution in [0.15, 0.2) is 0 Å². The molecule has 88 valence electrons. The molecule has 0 atom stereocenters. The average molecular weight is 216 g/mol. The smallest absolute Gasteiger partial charge is 0.233 e. The maximum Gasteiger partial charge on any atom is 0.233 e. The predicted octanol–water partition coefficient (Wildman–Crippen LogP) is 0.342. The Kier molecular flexibility index (Phi) is 6.31. The first-order chi connectivity index (χ1) is 7.33. The van der Waals surface area contributed by atoms with E-state index in [1.54, 1.807) is 0 Å². The van der Waals surface area contributed by atoms with Crippen LogP contribution >= 0.6 is 0 Å². The van der Waals surface area contributed by atoms with Gasteiger partial charge in [0, 0.05) is 26.2 Å². The van der Waals surface area contributed by atoms with Gasteiger partial charge in [-0.2, -0.15) is 0 Å². The highest BCUT2D eigenvalue weighted by atomic mass is 16.5. The molecule has 0 aliphatic carbocycles. The third kappa shape index (κ3) is 5.71. The van der Waals surface area contributed by atoms with Gasteiger partial charge in [-0.05, 0) is 25.7 Å². The number of ether oxygens (including phenoxy) is 2. The molecule has 1 saturated heterocycles. The van der Waals surface area contributed by atoms with Gasteiger partial charge in [0.15, 0.2) is 0 Å². The molecule has 1 aliphatic rings. The van der Waals surface area contributed by atoms with Crippen molar-refractivity contribution in [1.29, 1.82) is 0 Å². The zero-order valence-corrected chi connectivity index (χ0v) is 9.04. The number of hydrazine groups is 1. The number of nitrogens with two attached hydrogens (primary N) is 1. The minimum atomic E-state index is -0.110.